The predicted octanol–water partition coefficient (Wildman–Crippen LogP) is 3.02. The molecule has 1 amide bonds. The molecular weight excluding hydrogens is 338 g/mol. The average molecular weight is 363 g/mol. The van der Waals surface area contributed by atoms with Crippen LogP contribution in [0.5, 0.6) is 0 Å². The number of sulfonamides is 1. The number of anilines is 1. The van der Waals surface area contributed by atoms with Gasteiger partial charge in [0.15, 0.2) is 0 Å². The number of rotatable bonds is 5. The van der Waals surface area contributed by atoms with Crippen LogP contribution < -0.4 is 5.32 Å². The van der Waals surface area contributed by atoms with Crippen molar-refractivity contribution in [3.63, 3.8) is 0 Å². The van der Waals surface area contributed by atoms with Crippen LogP contribution in [0.2, 0.25) is 0 Å². The van der Waals surface area contributed by atoms with Crippen molar-refractivity contribution in [3.8, 4) is 0 Å². The summed E-state index contributed by atoms with van der Waals surface area (Å²) in [5.41, 5.74) is 0.504. The summed E-state index contributed by atoms with van der Waals surface area (Å²) in [7, 11) is -1.91. The van der Waals surface area contributed by atoms with E-state index in [9.17, 15) is 13.2 Å². The maximum atomic E-state index is 12.5. The lowest BCUT2D eigenvalue weighted by atomic mass is 10.0. The van der Waals surface area contributed by atoms with Crippen LogP contribution in [0.15, 0.2) is 33.6 Å². The van der Waals surface area contributed by atoms with Crippen LogP contribution in [0.1, 0.15) is 44.9 Å². The highest BCUT2D eigenvalue weighted by Crippen LogP contribution is 2.28. The summed E-state index contributed by atoms with van der Waals surface area (Å²) in [6.45, 7) is 0.825. The number of nitrogens with zero attached hydrogens (tertiary/aromatic N) is 2. The van der Waals surface area contributed by atoms with Gasteiger partial charge in [0.1, 0.15) is 5.84 Å². The summed E-state index contributed by atoms with van der Waals surface area (Å²) in [4.78, 5) is 14.1. The quantitative estimate of drug-likeness (QED) is 0.872. The SMILES string of the molecule is CN1CCCC1=NS(=O)(=O)c1cccc(NC(=O)CC2CCCC2)c1. The summed E-state index contributed by atoms with van der Waals surface area (Å²) < 4.78 is 29.0. The smallest absolute Gasteiger partial charge is 0.284 e. The lowest BCUT2D eigenvalue weighted by Gasteiger charge is -2.12. The molecule has 2 fully saturated rings. The molecule has 0 bridgehead atoms. The number of likely N-dealkylation sites (tertiary alicyclic amines) is 1. The van der Waals surface area contributed by atoms with Gasteiger partial charge in [-0.2, -0.15) is 8.42 Å². The lowest BCUT2D eigenvalue weighted by molar-refractivity contribution is -0.117. The van der Waals surface area contributed by atoms with Crippen molar-refractivity contribution in [2.45, 2.75) is 49.8 Å². The molecule has 1 aromatic rings. The van der Waals surface area contributed by atoms with Crippen LogP contribution in [0.4, 0.5) is 5.69 Å². The normalized spacial score (nSPS) is 20.4. The van der Waals surface area contributed by atoms with Crippen LogP contribution in [-0.2, 0) is 14.8 Å². The molecule has 136 valence electrons. The second-order valence-corrected chi connectivity index (χ2v) is 8.54. The fourth-order valence-corrected chi connectivity index (χ4v) is 4.66. The third kappa shape index (κ3) is 4.60. The van der Waals surface area contributed by atoms with Crippen molar-refractivity contribution in [1.29, 1.82) is 0 Å². The first-order chi connectivity index (χ1) is 11.9. The molecule has 0 radical (unpaired) electrons. The van der Waals surface area contributed by atoms with E-state index in [1.807, 2.05) is 11.9 Å². The van der Waals surface area contributed by atoms with Crippen molar-refractivity contribution >= 4 is 27.5 Å². The Bertz CT molecular complexity index is 768. The fraction of sp³-hybridized carbons (Fsp3) is 0.556. The zero-order chi connectivity index (χ0) is 17.9. The third-order valence-electron chi connectivity index (χ3n) is 4.92. The number of nitrogens with one attached hydrogen (secondary N) is 1. The Hall–Kier alpha value is -1.89. The van der Waals surface area contributed by atoms with E-state index in [-0.39, 0.29) is 10.8 Å². The van der Waals surface area contributed by atoms with Gasteiger partial charge in [-0.25, -0.2) is 0 Å². The average Bonchev–Trinajstić information content (AvgIpc) is 3.20. The van der Waals surface area contributed by atoms with Gasteiger partial charge in [0, 0.05) is 32.1 Å². The van der Waals surface area contributed by atoms with E-state index in [4.69, 9.17) is 0 Å². The maximum absolute atomic E-state index is 12.5. The molecule has 0 unspecified atom stereocenters. The molecule has 0 atom stereocenters. The first-order valence-electron chi connectivity index (χ1n) is 8.89. The van der Waals surface area contributed by atoms with Crippen molar-refractivity contribution in [2.75, 3.05) is 18.9 Å². The highest BCUT2D eigenvalue weighted by atomic mass is 32.2. The van der Waals surface area contributed by atoms with Crippen LogP contribution in [0.3, 0.4) is 0 Å². The van der Waals surface area contributed by atoms with Gasteiger partial charge < -0.3 is 10.2 Å². The number of amides is 1. The Morgan fingerprint density at radius 2 is 2.04 bits per heavy atom. The Labute approximate surface area is 149 Å². The molecule has 0 aromatic heterocycles. The summed E-state index contributed by atoms with van der Waals surface area (Å²) in [5, 5.41) is 2.82. The molecule has 0 spiro atoms. The molecule has 7 heteroatoms. The number of amidine groups is 1. The Kier molecular flexibility index (Phi) is 5.42. The Balaban J connectivity index is 1.71. The zero-order valence-electron chi connectivity index (χ0n) is 14.6. The highest BCUT2D eigenvalue weighted by molar-refractivity contribution is 7.90. The Morgan fingerprint density at radius 3 is 2.72 bits per heavy atom. The minimum atomic E-state index is -3.76. The van der Waals surface area contributed by atoms with Gasteiger partial charge in [-0.3, -0.25) is 4.79 Å². The molecule has 1 N–H and O–H groups in total. The van der Waals surface area contributed by atoms with Gasteiger partial charge in [-0.1, -0.05) is 18.9 Å². The van der Waals surface area contributed by atoms with E-state index >= 15 is 0 Å². The molecule has 1 aliphatic heterocycles. The monoisotopic (exact) mass is 363 g/mol. The molecule has 2 aliphatic rings. The van der Waals surface area contributed by atoms with E-state index in [1.54, 1.807) is 12.1 Å². The number of hydrogen-bond acceptors (Lipinski definition) is 3. The van der Waals surface area contributed by atoms with Crippen LogP contribution in [0, 0.1) is 5.92 Å². The van der Waals surface area contributed by atoms with Gasteiger partial charge >= 0.3 is 0 Å². The fourth-order valence-electron chi connectivity index (χ4n) is 3.52. The summed E-state index contributed by atoms with van der Waals surface area (Å²) >= 11 is 0. The number of hydrogen-bond donors (Lipinski definition) is 1. The molecule has 3 rings (SSSR count). The van der Waals surface area contributed by atoms with Crippen LogP contribution in [-0.4, -0.2) is 38.7 Å². The molecule has 1 heterocycles. The van der Waals surface area contributed by atoms with E-state index < -0.39 is 10.0 Å². The van der Waals surface area contributed by atoms with Crippen LogP contribution >= 0.6 is 0 Å². The third-order valence-corrected chi connectivity index (χ3v) is 6.23. The standard InChI is InChI=1S/C18H25N3O3S/c1-21-11-5-10-17(21)20-25(23,24)16-9-4-8-15(13-16)19-18(22)12-14-6-2-3-7-14/h4,8-9,13-14H,2-3,5-7,10-12H2,1H3,(H,19,22). The summed E-state index contributed by atoms with van der Waals surface area (Å²) in [6.07, 6.45) is 6.69. The maximum Gasteiger partial charge on any atom is 0.284 e. The first kappa shape index (κ1) is 17.9. The highest BCUT2D eigenvalue weighted by Gasteiger charge is 2.21. The van der Waals surface area contributed by atoms with Crippen molar-refractivity contribution < 1.29 is 13.2 Å². The van der Waals surface area contributed by atoms with Gasteiger partial charge in [0.2, 0.25) is 5.91 Å². The topological polar surface area (TPSA) is 78.8 Å². The molecule has 6 nitrogen and oxygen atoms in total. The summed E-state index contributed by atoms with van der Waals surface area (Å²) in [6, 6.07) is 6.35. The Morgan fingerprint density at radius 1 is 1.28 bits per heavy atom. The second-order valence-electron chi connectivity index (χ2n) is 6.94. The zero-order valence-corrected chi connectivity index (χ0v) is 15.4. The van der Waals surface area contributed by atoms with E-state index in [1.165, 1.54) is 25.0 Å². The number of carbonyl (C=O) groups is 1. The molecule has 1 saturated carbocycles. The van der Waals surface area contributed by atoms with Gasteiger partial charge in [0.05, 0.1) is 4.90 Å². The van der Waals surface area contributed by atoms with Crippen LogP contribution in [0.25, 0.3) is 0 Å². The van der Waals surface area contributed by atoms with Crippen molar-refractivity contribution in [3.05, 3.63) is 24.3 Å². The molecule has 1 aliphatic carbocycles. The largest absolute Gasteiger partial charge is 0.362 e. The lowest BCUT2D eigenvalue weighted by Crippen LogP contribution is -2.20. The van der Waals surface area contributed by atoms with Crippen molar-refractivity contribution in [2.24, 2.45) is 10.3 Å². The second kappa shape index (κ2) is 7.56. The van der Waals surface area contributed by atoms with Gasteiger partial charge in [0.25, 0.3) is 10.0 Å². The minimum absolute atomic E-state index is 0.0525. The molecule has 1 saturated heterocycles. The summed E-state index contributed by atoms with van der Waals surface area (Å²) in [5.74, 6) is 0.996. The van der Waals surface area contributed by atoms with E-state index in [2.05, 4.69) is 9.71 Å². The van der Waals surface area contributed by atoms with Crippen molar-refractivity contribution in [1.82, 2.24) is 4.90 Å². The number of carbonyl (C=O) groups excluding carboxylic acids is 1. The van der Waals surface area contributed by atoms with Gasteiger partial charge in [-0.15, -0.1) is 4.40 Å². The first-order valence-corrected chi connectivity index (χ1v) is 10.3. The van der Waals surface area contributed by atoms with Gasteiger partial charge in [-0.05, 0) is 43.4 Å². The molecular formula is C18H25N3O3S. The predicted molar refractivity (Wildman–Crippen MR) is 98.1 cm³/mol. The van der Waals surface area contributed by atoms with E-state index in [0.29, 0.717) is 30.3 Å². The van der Waals surface area contributed by atoms with E-state index in [0.717, 1.165) is 25.8 Å². The molecule has 25 heavy (non-hydrogen) atoms. The minimum Gasteiger partial charge on any atom is -0.362 e. The molecule has 1 aromatic carbocycles. The number of benzene rings is 1.